The van der Waals surface area contributed by atoms with Crippen molar-refractivity contribution < 1.29 is 9.53 Å². The lowest BCUT2D eigenvalue weighted by Crippen LogP contribution is -2.36. The van der Waals surface area contributed by atoms with Crippen molar-refractivity contribution in [2.24, 2.45) is 5.73 Å². The second-order valence-corrected chi connectivity index (χ2v) is 7.23. The average Bonchev–Trinajstić information content (AvgIpc) is 3.02. The number of nitrogens with two attached hydrogens (primary N) is 1. The molecule has 0 bridgehead atoms. The van der Waals surface area contributed by atoms with Gasteiger partial charge in [0, 0.05) is 30.0 Å². The number of amides is 1. The number of methoxy groups -OCH3 is 1. The van der Waals surface area contributed by atoms with Crippen molar-refractivity contribution in [2.45, 2.75) is 32.4 Å². The molecule has 4 nitrogen and oxygen atoms in total. The molecule has 1 unspecified atom stereocenters. The Bertz CT molecular complexity index is 629. The molecule has 0 aliphatic carbocycles. The van der Waals surface area contributed by atoms with Crippen LogP contribution < -0.4 is 5.73 Å². The summed E-state index contributed by atoms with van der Waals surface area (Å²) in [6.07, 6.45) is 0.949. The SMILES string of the molecule is COC(CN)CC(=O)N(CCc1ccccc1)Cc1ccc(C)s1.Cl. The topological polar surface area (TPSA) is 55.6 Å². The summed E-state index contributed by atoms with van der Waals surface area (Å²) in [6, 6.07) is 14.4. The van der Waals surface area contributed by atoms with Crippen LogP contribution in [0.15, 0.2) is 42.5 Å². The molecule has 2 rings (SSSR count). The van der Waals surface area contributed by atoms with Gasteiger partial charge in [0.2, 0.25) is 5.91 Å². The number of carbonyl (C=O) groups excluding carboxylic acids is 1. The molecule has 1 atom stereocenters. The van der Waals surface area contributed by atoms with E-state index in [1.165, 1.54) is 15.3 Å². The Morgan fingerprint density at radius 2 is 1.96 bits per heavy atom. The molecule has 138 valence electrons. The van der Waals surface area contributed by atoms with E-state index >= 15 is 0 Å². The number of rotatable bonds is 9. The molecule has 0 radical (unpaired) electrons. The number of thiophene rings is 1. The van der Waals surface area contributed by atoms with Gasteiger partial charge < -0.3 is 15.4 Å². The summed E-state index contributed by atoms with van der Waals surface area (Å²) in [4.78, 5) is 17.1. The first-order valence-electron chi connectivity index (χ1n) is 8.22. The number of ether oxygens (including phenoxy) is 1. The number of halogens is 1. The second kappa shape index (κ2) is 11.3. The maximum atomic E-state index is 12.7. The molecule has 1 aromatic carbocycles. The molecule has 1 heterocycles. The van der Waals surface area contributed by atoms with E-state index in [0.29, 0.717) is 26.1 Å². The summed E-state index contributed by atoms with van der Waals surface area (Å²) >= 11 is 1.74. The molecule has 0 aliphatic heterocycles. The fourth-order valence-corrected chi connectivity index (χ4v) is 3.45. The molecule has 0 aliphatic rings. The number of nitrogens with zero attached hydrogens (tertiary/aromatic N) is 1. The number of hydrogen-bond acceptors (Lipinski definition) is 4. The Balaban J connectivity index is 0.00000312. The highest BCUT2D eigenvalue weighted by Crippen LogP contribution is 2.18. The summed E-state index contributed by atoms with van der Waals surface area (Å²) in [5, 5.41) is 0. The first-order chi connectivity index (χ1) is 11.6. The normalized spacial score (nSPS) is 11.6. The van der Waals surface area contributed by atoms with Gasteiger partial charge in [-0.1, -0.05) is 30.3 Å². The van der Waals surface area contributed by atoms with E-state index in [0.717, 1.165) is 6.42 Å². The zero-order valence-electron chi connectivity index (χ0n) is 14.8. The number of hydrogen-bond donors (Lipinski definition) is 1. The quantitative estimate of drug-likeness (QED) is 0.723. The molecular weight excluding hydrogens is 356 g/mol. The third-order valence-corrected chi connectivity index (χ3v) is 4.99. The van der Waals surface area contributed by atoms with E-state index in [4.69, 9.17) is 10.5 Å². The van der Waals surface area contributed by atoms with Gasteiger partial charge in [0.1, 0.15) is 0 Å². The maximum Gasteiger partial charge on any atom is 0.225 e. The predicted molar refractivity (Wildman–Crippen MR) is 106 cm³/mol. The van der Waals surface area contributed by atoms with Crippen LogP contribution in [-0.4, -0.2) is 37.1 Å². The summed E-state index contributed by atoms with van der Waals surface area (Å²) in [6.45, 7) is 3.78. The van der Waals surface area contributed by atoms with Crippen LogP contribution in [0.25, 0.3) is 0 Å². The van der Waals surface area contributed by atoms with Gasteiger partial charge in [-0.05, 0) is 31.0 Å². The first-order valence-corrected chi connectivity index (χ1v) is 9.04. The van der Waals surface area contributed by atoms with Crippen LogP contribution in [0.4, 0.5) is 0 Å². The zero-order chi connectivity index (χ0) is 17.4. The minimum atomic E-state index is -0.221. The van der Waals surface area contributed by atoms with Crippen LogP contribution in [0.1, 0.15) is 21.7 Å². The van der Waals surface area contributed by atoms with Crippen LogP contribution in [0, 0.1) is 6.92 Å². The van der Waals surface area contributed by atoms with Crippen molar-refractivity contribution in [1.29, 1.82) is 0 Å². The highest BCUT2D eigenvalue weighted by Gasteiger charge is 2.19. The smallest absolute Gasteiger partial charge is 0.225 e. The van der Waals surface area contributed by atoms with E-state index in [9.17, 15) is 4.79 Å². The Labute approximate surface area is 160 Å². The van der Waals surface area contributed by atoms with Gasteiger partial charge in [-0.25, -0.2) is 0 Å². The first kappa shape index (κ1) is 21.6. The molecule has 0 saturated carbocycles. The van der Waals surface area contributed by atoms with Crippen LogP contribution in [-0.2, 0) is 22.5 Å². The van der Waals surface area contributed by atoms with Crippen LogP contribution in [0.3, 0.4) is 0 Å². The summed E-state index contributed by atoms with van der Waals surface area (Å²) in [5.41, 5.74) is 6.89. The average molecular weight is 383 g/mol. The Morgan fingerprint density at radius 1 is 1.24 bits per heavy atom. The fourth-order valence-electron chi connectivity index (χ4n) is 2.55. The van der Waals surface area contributed by atoms with E-state index < -0.39 is 0 Å². The minimum Gasteiger partial charge on any atom is -0.380 e. The summed E-state index contributed by atoms with van der Waals surface area (Å²) < 4.78 is 5.27. The fraction of sp³-hybridized carbons (Fsp3) is 0.421. The standard InChI is InChI=1S/C19H26N2O2S.ClH/c1-15-8-9-18(24-15)14-21(19(22)12-17(13-20)23-2)11-10-16-6-4-3-5-7-16;/h3-9,17H,10-14,20H2,1-2H3;1H. The monoisotopic (exact) mass is 382 g/mol. The lowest BCUT2D eigenvalue weighted by atomic mass is 10.1. The number of carbonyl (C=O) groups is 1. The van der Waals surface area contributed by atoms with Gasteiger partial charge in [0.25, 0.3) is 0 Å². The highest BCUT2D eigenvalue weighted by atomic mass is 35.5. The molecule has 25 heavy (non-hydrogen) atoms. The molecule has 0 fully saturated rings. The number of benzene rings is 1. The lowest BCUT2D eigenvalue weighted by molar-refractivity contribution is -0.134. The molecule has 2 aromatic rings. The molecule has 0 spiro atoms. The van der Waals surface area contributed by atoms with Gasteiger partial charge in [-0.15, -0.1) is 23.7 Å². The van der Waals surface area contributed by atoms with Gasteiger partial charge in [0.05, 0.1) is 19.1 Å². The summed E-state index contributed by atoms with van der Waals surface area (Å²) in [7, 11) is 1.60. The molecule has 1 amide bonds. The van der Waals surface area contributed by atoms with E-state index in [1.54, 1.807) is 18.4 Å². The third kappa shape index (κ3) is 7.16. The maximum absolute atomic E-state index is 12.7. The number of aryl methyl sites for hydroxylation is 1. The second-order valence-electron chi connectivity index (χ2n) is 5.86. The molecule has 0 saturated heterocycles. The minimum absolute atomic E-state index is 0. The molecule has 1 aromatic heterocycles. The zero-order valence-corrected chi connectivity index (χ0v) is 16.4. The van der Waals surface area contributed by atoms with Crippen molar-refractivity contribution in [2.75, 3.05) is 20.2 Å². The Morgan fingerprint density at radius 3 is 2.52 bits per heavy atom. The van der Waals surface area contributed by atoms with Gasteiger partial charge >= 0.3 is 0 Å². The largest absolute Gasteiger partial charge is 0.380 e. The Hall–Kier alpha value is -1.40. The van der Waals surface area contributed by atoms with Gasteiger partial charge in [-0.3, -0.25) is 4.79 Å². The lowest BCUT2D eigenvalue weighted by Gasteiger charge is -2.24. The predicted octanol–water partition coefficient (Wildman–Crippen LogP) is 3.41. The Kier molecular flexibility index (Phi) is 9.75. The van der Waals surface area contributed by atoms with E-state index in [-0.39, 0.29) is 24.4 Å². The molecule has 6 heteroatoms. The van der Waals surface area contributed by atoms with Gasteiger partial charge in [-0.2, -0.15) is 0 Å². The van der Waals surface area contributed by atoms with Crippen molar-refractivity contribution in [3.05, 3.63) is 57.8 Å². The summed E-state index contributed by atoms with van der Waals surface area (Å²) in [5.74, 6) is 0.0919. The van der Waals surface area contributed by atoms with Crippen LogP contribution in [0.5, 0.6) is 0 Å². The van der Waals surface area contributed by atoms with Crippen molar-refractivity contribution in [1.82, 2.24) is 4.90 Å². The van der Waals surface area contributed by atoms with E-state index in [2.05, 4.69) is 31.2 Å². The van der Waals surface area contributed by atoms with Crippen LogP contribution >= 0.6 is 23.7 Å². The third-order valence-electron chi connectivity index (χ3n) is 4.01. The van der Waals surface area contributed by atoms with E-state index in [1.807, 2.05) is 23.1 Å². The van der Waals surface area contributed by atoms with Crippen molar-refractivity contribution in [3.8, 4) is 0 Å². The highest BCUT2D eigenvalue weighted by molar-refractivity contribution is 7.11. The van der Waals surface area contributed by atoms with Crippen molar-refractivity contribution >= 4 is 29.7 Å². The molecular formula is C19H27ClN2O2S. The van der Waals surface area contributed by atoms with Crippen molar-refractivity contribution in [3.63, 3.8) is 0 Å². The molecule has 2 N–H and O–H groups in total. The van der Waals surface area contributed by atoms with Gasteiger partial charge in [0.15, 0.2) is 0 Å². The van der Waals surface area contributed by atoms with Crippen LogP contribution in [0.2, 0.25) is 0 Å².